The molecule has 0 aromatic carbocycles. The summed E-state index contributed by atoms with van der Waals surface area (Å²) in [5.74, 6) is 2.60. The molecule has 1 N–H and O–H groups in total. The average molecular weight is 203 g/mol. The average Bonchev–Trinajstić information content (AvgIpc) is 2.14. The maximum absolute atomic E-state index is 9.07. The minimum Gasteiger partial charge on any atom is -0.393 e. The van der Waals surface area contributed by atoms with Crippen LogP contribution in [0, 0.1) is 0 Å². The summed E-state index contributed by atoms with van der Waals surface area (Å²) in [6, 6.07) is 0. The minimum absolute atomic E-state index is 0.114. The topological polar surface area (TPSA) is 23.5 Å². The van der Waals surface area contributed by atoms with Gasteiger partial charge in [-0.3, -0.25) is 0 Å². The van der Waals surface area contributed by atoms with E-state index in [1.807, 2.05) is 6.92 Å². The molecule has 3 heteroatoms. The number of aliphatic hydroxyl groups excluding tert-OH is 1. The first-order valence-electron chi connectivity index (χ1n) is 5.27. The molecule has 1 saturated heterocycles. The Morgan fingerprint density at radius 3 is 2.62 bits per heavy atom. The third-order valence-electron chi connectivity index (χ3n) is 2.45. The van der Waals surface area contributed by atoms with Gasteiger partial charge in [0.2, 0.25) is 0 Å². The van der Waals surface area contributed by atoms with Crippen molar-refractivity contribution in [2.24, 2.45) is 0 Å². The fraction of sp³-hybridized carbons (Fsp3) is 1.00. The van der Waals surface area contributed by atoms with Gasteiger partial charge in [0.15, 0.2) is 0 Å². The van der Waals surface area contributed by atoms with E-state index in [1.165, 1.54) is 44.0 Å². The Balaban J connectivity index is 1.92. The standard InChI is InChI=1S/C10H21NOS/c1-10(12)4-2-3-5-11-6-8-13-9-7-11/h10,12H,2-9H2,1H3. The lowest BCUT2D eigenvalue weighted by atomic mass is 10.1. The second-order valence-corrected chi connectivity index (χ2v) is 5.02. The van der Waals surface area contributed by atoms with Crippen LogP contribution in [0.3, 0.4) is 0 Å². The van der Waals surface area contributed by atoms with Crippen molar-refractivity contribution in [3.63, 3.8) is 0 Å². The van der Waals surface area contributed by atoms with Gasteiger partial charge < -0.3 is 10.0 Å². The summed E-state index contributed by atoms with van der Waals surface area (Å²) in [5, 5.41) is 9.07. The molecule has 1 atom stereocenters. The third-order valence-corrected chi connectivity index (χ3v) is 3.39. The fourth-order valence-electron chi connectivity index (χ4n) is 1.60. The van der Waals surface area contributed by atoms with Gasteiger partial charge in [0.25, 0.3) is 0 Å². The van der Waals surface area contributed by atoms with E-state index in [-0.39, 0.29) is 6.10 Å². The molecule has 0 radical (unpaired) electrons. The molecule has 1 aliphatic heterocycles. The highest BCUT2D eigenvalue weighted by atomic mass is 32.2. The van der Waals surface area contributed by atoms with Crippen molar-refractivity contribution in [3.8, 4) is 0 Å². The van der Waals surface area contributed by atoms with Crippen molar-refractivity contribution in [1.29, 1.82) is 0 Å². The Morgan fingerprint density at radius 1 is 1.31 bits per heavy atom. The molecule has 1 rings (SSSR count). The summed E-state index contributed by atoms with van der Waals surface area (Å²) in [7, 11) is 0. The van der Waals surface area contributed by atoms with Crippen LogP contribution in [0.4, 0.5) is 0 Å². The van der Waals surface area contributed by atoms with Crippen LogP contribution in [0.25, 0.3) is 0 Å². The Morgan fingerprint density at radius 2 is 2.00 bits per heavy atom. The summed E-state index contributed by atoms with van der Waals surface area (Å²) in [6.07, 6.45) is 3.26. The number of hydrogen-bond acceptors (Lipinski definition) is 3. The molecule has 0 aromatic heterocycles. The monoisotopic (exact) mass is 203 g/mol. The Kier molecular flexibility index (Phi) is 5.83. The van der Waals surface area contributed by atoms with E-state index >= 15 is 0 Å². The molecule has 0 aromatic rings. The van der Waals surface area contributed by atoms with E-state index in [4.69, 9.17) is 5.11 Å². The highest BCUT2D eigenvalue weighted by molar-refractivity contribution is 7.99. The van der Waals surface area contributed by atoms with Gasteiger partial charge >= 0.3 is 0 Å². The molecular formula is C10H21NOS. The van der Waals surface area contributed by atoms with Crippen LogP contribution in [-0.4, -0.2) is 47.3 Å². The Labute approximate surface area is 85.7 Å². The van der Waals surface area contributed by atoms with Crippen LogP contribution in [0.1, 0.15) is 26.2 Å². The largest absolute Gasteiger partial charge is 0.393 e. The van der Waals surface area contributed by atoms with E-state index in [0.717, 1.165) is 6.42 Å². The first-order valence-corrected chi connectivity index (χ1v) is 6.42. The van der Waals surface area contributed by atoms with Crippen molar-refractivity contribution in [2.75, 3.05) is 31.1 Å². The SMILES string of the molecule is CC(O)CCCCN1CCSCC1. The molecule has 1 fully saturated rings. The smallest absolute Gasteiger partial charge is 0.0512 e. The van der Waals surface area contributed by atoms with Crippen molar-refractivity contribution in [3.05, 3.63) is 0 Å². The molecule has 1 heterocycles. The van der Waals surface area contributed by atoms with E-state index in [0.29, 0.717) is 0 Å². The molecule has 0 spiro atoms. The lowest BCUT2D eigenvalue weighted by Gasteiger charge is -2.25. The molecule has 13 heavy (non-hydrogen) atoms. The molecule has 0 saturated carbocycles. The zero-order chi connectivity index (χ0) is 9.52. The van der Waals surface area contributed by atoms with Crippen molar-refractivity contribution >= 4 is 11.8 Å². The molecule has 0 aliphatic carbocycles. The quantitative estimate of drug-likeness (QED) is 0.686. The highest BCUT2D eigenvalue weighted by Gasteiger charge is 2.09. The predicted molar refractivity (Wildman–Crippen MR) is 59.3 cm³/mol. The van der Waals surface area contributed by atoms with Gasteiger partial charge in [0.1, 0.15) is 0 Å². The van der Waals surface area contributed by atoms with Crippen LogP contribution in [0.15, 0.2) is 0 Å². The maximum atomic E-state index is 9.07. The summed E-state index contributed by atoms with van der Waals surface area (Å²) in [6.45, 7) is 5.63. The normalized spacial score (nSPS) is 21.7. The van der Waals surface area contributed by atoms with Gasteiger partial charge in [-0.1, -0.05) is 0 Å². The number of nitrogens with zero attached hydrogens (tertiary/aromatic N) is 1. The number of thioether (sulfide) groups is 1. The van der Waals surface area contributed by atoms with Crippen molar-refractivity contribution in [2.45, 2.75) is 32.3 Å². The second-order valence-electron chi connectivity index (χ2n) is 3.80. The zero-order valence-electron chi connectivity index (χ0n) is 8.54. The van der Waals surface area contributed by atoms with Gasteiger partial charge in [-0.2, -0.15) is 11.8 Å². The first-order chi connectivity index (χ1) is 6.29. The second kappa shape index (κ2) is 6.68. The number of unbranched alkanes of at least 4 members (excludes halogenated alkanes) is 1. The van der Waals surface area contributed by atoms with Gasteiger partial charge in [-0.05, 0) is 32.7 Å². The molecule has 1 aliphatic rings. The van der Waals surface area contributed by atoms with Crippen LogP contribution >= 0.6 is 11.8 Å². The Hall–Kier alpha value is 0.270. The Bertz CT molecular complexity index is 124. The lowest BCUT2D eigenvalue weighted by molar-refractivity contribution is 0.177. The van der Waals surface area contributed by atoms with E-state index in [2.05, 4.69) is 16.7 Å². The van der Waals surface area contributed by atoms with Crippen LogP contribution < -0.4 is 0 Å². The van der Waals surface area contributed by atoms with E-state index in [1.54, 1.807) is 0 Å². The zero-order valence-corrected chi connectivity index (χ0v) is 9.35. The molecule has 2 nitrogen and oxygen atoms in total. The summed E-state index contributed by atoms with van der Waals surface area (Å²) < 4.78 is 0. The van der Waals surface area contributed by atoms with Gasteiger partial charge in [-0.25, -0.2) is 0 Å². The highest BCUT2D eigenvalue weighted by Crippen LogP contribution is 2.10. The molecule has 0 bridgehead atoms. The third kappa shape index (κ3) is 5.55. The number of aliphatic hydroxyl groups is 1. The predicted octanol–water partition coefficient (Wildman–Crippen LogP) is 1.59. The minimum atomic E-state index is -0.114. The van der Waals surface area contributed by atoms with Gasteiger partial charge in [0, 0.05) is 24.6 Å². The number of hydrogen-bond donors (Lipinski definition) is 1. The summed E-state index contributed by atoms with van der Waals surface area (Å²) >= 11 is 2.06. The first kappa shape index (κ1) is 11.3. The van der Waals surface area contributed by atoms with Crippen LogP contribution in [0.2, 0.25) is 0 Å². The summed E-state index contributed by atoms with van der Waals surface area (Å²) in [4.78, 5) is 2.54. The lowest BCUT2D eigenvalue weighted by Crippen LogP contribution is -2.33. The van der Waals surface area contributed by atoms with Crippen molar-refractivity contribution in [1.82, 2.24) is 4.90 Å². The van der Waals surface area contributed by atoms with Crippen LogP contribution in [-0.2, 0) is 0 Å². The molecular weight excluding hydrogens is 182 g/mol. The molecule has 78 valence electrons. The fourth-order valence-corrected chi connectivity index (χ4v) is 2.58. The molecule has 1 unspecified atom stereocenters. The summed E-state index contributed by atoms with van der Waals surface area (Å²) in [5.41, 5.74) is 0. The number of rotatable bonds is 5. The maximum Gasteiger partial charge on any atom is 0.0512 e. The van der Waals surface area contributed by atoms with E-state index < -0.39 is 0 Å². The van der Waals surface area contributed by atoms with Gasteiger partial charge in [0.05, 0.1) is 6.10 Å². The van der Waals surface area contributed by atoms with Crippen LogP contribution in [0.5, 0.6) is 0 Å². The van der Waals surface area contributed by atoms with Crippen molar-refractivity contribution < 1.29 is 5.11 Å². The molecule has 0 amide bonds. The van der Waals surface area contributed by atoms with E-state index in [9.17, 15) is 0 Å². The van der Waals surface area contributed by atoms with Gasteiger partial charge in [-0.15, -0.1) is 0 Å².